The highest BCUT2D eigenvalue weighted by molar-refractivity contribution is 7.16. The van der Waals surface area contributed by atoms with E-state index in [9.17, 15) is 4.79 Å². The number of aryl methyl sites for hydroxylation is 1. The molecule has 1 aliphatic heterocycles. The molecule has 0 saturated heterocycles. The number of hydrogen-bond donors (Lipinski definition) is 0. The van der Waals surface area contributed by atoms with Crippen molar-refractivity contribution in [3.63, 3.8) is 0 Å². The summed E-state index contributed by atoms with van der Waals surface area (Å²) in [6.45, 7) is 0.978. The van der Waals surface area contributed by atoms with Crippen molar-refractivity contribution in [1.82, 2.24) is 4.57 Å². The molecule has 0 spiro atoms. The zero-order chi connectivity index (χ0) is 19.0. The molecule has 0 radical (unpaired) electrons. The van der Waals surface area contributed by atoms with Crippen LogP contribution < -0.4 is 23.7 Å². The van der Waals surface area contributed by atoms with Crippen molar-refractivity contribution in [2.24, 2.45) is 12.0 Å². The third kappa shape index (κ3) is 3.12. The molecule has 1 aromatic heterocycles. The molecule has 2 aromatic carbocycles. The lowest BCUT2D eigenvalue weighted by atomic mass is 10.2. The second kappa shape index (κ2) is 6.96. The fraction of sp³-hybridized carbons (Fsp3) is 0.263. The number of rotatable bonds is 3. The van der Waals surface area contributed by atoms with Crippen LogP contribution in [0.4, 0.5) is 0 Å². The Morgan fingerprint density at radius 2 is 1.78 bits per heavy atom. The molecule has 3 aromatic rings. The van der Waals surface area contributed by atoms with Gasteiger partial charge in [-0.05, 0) is 18.2 Å². The molecule has 1 aliphatic rings. The second-order valence-corrected chi connectivity index (χ2v) is 6.90. The lowest BCUT2D eigenvalue weighted by molar-refractivity contribution is 0.0996. The van der Waals surface area contributed by atoms with Crippen molar-refractivity contribution in [3.05, 3.63) is 40.7 Å². The van der Waals surface area contributed by atoms with Gasteiger partial charge in [-0.25, -0.2) is 0 Å². The van der Waals surface area contributed by atoms with E-state index in [1.54, 1.807) is 32.4 Å². The molecule has 1 amide bonds. The van der Waals surface area contributed by atoms with Crippen molar-refractivity contribution in [2.75, 3.05) is 27.4 Å². The standard InChI is InChI=1S/C19H18N2O5S/c1-21-12-9-14(23-2)15(24-3)10-17(12)27-19(21)20-18(22)11-4-5-13-16(8-11)26-7-6-25-13/h4-5,8-10H,6-7H2,1-3H3. The summed E-state index contributed by atoms with van der Waals surface area (Å²) >= 11 is 1.41. The monoisotopic (exact) mass is 386 g/mol. The SMILES string of the molecule is COc1cc2sc(=NC(=O)c3ccc4c(c3)OCCO4)n(C)c2cc1OC. The highest BCUT2D eigenvalue weighted by atomic mass is 32.1. The Hall–Kier alpha value is -3.00. The van der Waals surface area contributed by atoms with Gasteiger partial charge in [-0.2, -0.15) is 4.99 Å². The third-order valence-electron chi connectivity index (χ3n) is 4.30. The van der Waals surface area contributed by atoms with Gasteiger partial charge < -0.3 is 23.5 Å². The lowest BCUT2D eigenvalue weighted by Gasteiger charge is -2.18. The average Bonchev–Trinajstić information content (AvgIpc) is 3.01. The van der Waals surface area contributed by atoms with Gasteiger partial charge in [-0.1, -0.05) is 11.3 Å². The largest absolute Gasteiger partial charge is 0.493 e. The van der Waals surface area contributed by atoms with Gasteiger partial charge in [-0.3, -0.25) is 4.79 Å². The number of amides is 1. The smallest absolute Gasteiger partial charge is 0.279 e. The number of benzene rings is 2. The Labute approximate surface area is 159 Å². The topological polar surface area (TPSA) is 71.3 Å². The summed E-state index contributed by atoms with van der Waals surface area (Å²) in [5, 5.41) is 0. The zero-order valence-corrected chi connectivity index (χ0v) is 16.0. The van der Waals surface area contributed by atoms with Crippen molar-refractivity contribution >= 4 is 27.5 Å². The molecule has 0 N–H and O–H groups in total. The summed E-state index contributed by atoms with van der Waals surface area (Å²) in [7, 11) is 5.04. The third-order valence-corrected chi connectivity index (χ3v) is 5.40. The van der Waals surface area contributed by atoms with Gasteiger partial charge >= 0.3 is 0 Å². The van der Waals surface area contributed by atoms with Gasteiger partial charge in [0.05, 0.1) is 24.4 Å². The second-order valence-electron chi connectivity index (χ2n) is 5.89. The van der Waals surface area contributed by atoms with Crippen LogP contribution >= 0.6 is 11.3 Å². The molecule has 0 fully saturated rings. The van der Waals surface area contributed by atoms with Gasteiger partial charge in [0.25, 0.3) is 5.91 Å². The van der Waals surface area contributed by atoms with E-state index in [4.69, 9.17) is 18.9 Å². The summed E-state index contributed by atoms with van der Waals surface area (Å²) in [6, 6.07) is 8.85. The minimum Gasteiger partial charge on any atom is -0.493 e. The first kappa shape index (κ1) is 17.4. The van der Waals surface area contributed by atoms with E-state index in [0.29, 0.717) is 46.6 Å². The van der Waals surface area contributed by atoms with Gasteiger partial charge in [0.15, 0.2) is 27.8 Å². The summed E-state index contributed by atoms with van der Waals surface area (Å²) in [6.07, 6.45) is 0. The predicted molar refractivity (Wildman–Crippen MR) is 101 cm³/mol. The Balaban J connectivity index is 1.76. The van der Waals surface area contributed by atoms with Crippen LogP contribution in [0.5, 0.6) is 23.0 Å². The highest BCUT2D eigenvalue weighted by Crippen LogP contribution is 2.33. The van der Waals surface area contributed by atoms with Crippen LogP contribution in [0.25, 0.3) is 10.2 Å². The van der Waals surface area contributed by atoms with Crippen LogP contribution in [0.3, 0.4) is 0 Å². The van der Waals surface area contributed by atoms with E-state index in [1.807, 2.05) is 23.7 Å². The molecule has 2 heterocycles. The molecular weight excluding hydrogens is 368 g/mol. The van der Waals surface area contributed by atoms with Gasteiger partial charge in [0, 0.05) is 24.7 Å². The molecule has 0 unspecified atom stereocenters. The first-order valence-electron chi connectivity index (χ1n) is 8.31. The molecule has 8 heteroatoms. The Kier molecular flexibility index (Phi) is 4.49. The number of aromatic nitrogens is 1. The predicted octanol–water partition coefficient (Wildman–Crippen LogP) is 2.77. The number of methoxy groups -OCH3 is 2. The lowest BCUT2D eigenvalue weighted by Crippen LogP contribution is -2.16. The molecule has 0 aliphatic carbocycles. The van der Waals surface area contributed by atoms with Crippen molar-refractivity contribution in [1.29, 1.82) is 0 Å². The molecule has 0 atom stereocenters. The molecule has 4 rings (SSSR count). The Bertz CT molecular complexity index is 1100. The Morgan fingerprint density at radius 1 is 1.07 bits per heavy atom. The van der Waals surface area contributed by atoms with Crippen LogP contribution in [-0.4, -0.2) is 37.9 Å². The number of ether oxygens (including phenoxy) is 4. The fourth-order valence-corrected chi connectivity index (χ4v) is 3.92. The number of carbonyl (C=O) groups excluding carboxylic acids is 1. The first-order chi connectivity index (χ1) is 13.1. The highest BCUT2D eigenvalue weighted by Gasteiger charge is 2.16. The molecule has 0 saturated carbocycles. The molecule has 27 heavy (non-hydrogen) atoms. The summed E-state index contributed by atoms with van der Waals surface area (Å²) < 4.78 is 24.5. The van der Waals surface area contributed by atoms with E-state index in [-0.39, 0.29) is 5.91 Å². The summed E-state index contributed by atoms with van der Waals surface area (Å²) in [4.78, 5) is 17.5. The molecular formula is C19H18N2O5S. The Morgan fingerprint density at radius 3 is 2.52 bits per heavy atom. The van der Waals surface area contributed by atoms with E-state index in [1.165, 1.54) is 11.3 Å². The maximum atomic E-state index is 12.7. The number of fused-ring (bicyclic) bond motifs is 2. The van der Waals surface area contributed by atoms with Crippen LogP contribution in [0.2, 0.25) is 0 Å². The zero-order valence-electron chi connectivity index (χ0n) is 15.1. The van der Waals surface area contributed by atoms with E-state index in [2.05, 4.69) is 4.99 Å². The van der Waals surface area contributed by atoms with Gasteiger partial charge in [0.1, 0.15) is 13.2 Å². The molecule has 0 bridgehead atoms. The minimum atomic E-state index is -0.340. The number of thiazole rings is 1. The van der Waals surface area contributed by atoms with Crippen LogP contribution in [0, 0.1) is 0 Å². The number of nitrogens with zero attached hydrogens (tertiary/aromatic N) is 2. The van der Waals surface area contributed by atoms with E-state index < -0.39 is 0 Å². The normalized spacial score (nSPS) is 13.7. The minimum absolute atomic E-state index is 0.340. The van der Waals surface area contributed by atoms with Gasteiger partial charge in [0.2, 0.25) is 0 Å². The summed E-state index contributed by atoms with van der Waals surface area (Å²) in [5.74, 6) is 2.13. The molecule has 7 nitrogen and oxygen atoms in total. The first-order valence-corrected chi connectivity index (χ1v) is 9.12. The van der Waals surface area contributed by atoms with E-state index in [0.717, 1.165) is 10.2 Å². The maximum Gasteiger partial charge on any atom is 0.279 e. The maximum absolute atomic E-state index is 12.7. The van der Waals surface area contributed by atoms with Crippen molar-refractivity contribution in [3.8, 4) is 23.0 Å². The molecule has 140 valence electrons. The van der Waals surface area contributed by atoms with Gasteiger partial charge in [-0.15, -0.1) is 0 Å². The number of hydrogen-bond acceptors (Lipinski definition) is 6. The van der Waals surface area contributed by atoms with Crippen LogP contribution in [0.1, 0.15) is 10.4 Å². The number of carbonyl (C=O) groups is 1. The quantitative estimate of drug-likeness (QED) is 0.692. The van der Waals surface area contributed by atoms with Crippen LogP contribution in [-0.2, 0) is 7.05 Å². The van der Waals surface area contributed by atoms with Crippen molar-refractivity contribution in [2.45, 2.75) is 0 Å². The van der Waals surface area contributed by atoms with E-state index >= 15 is 0 Å². The van der Waals surface area contributed by atoms with Crippen molar-refractivity contribution < 1.29 is 23.7 Å². The summed E-state index contributed by atoms with van der Waals surface area (Å²) in [5.41, 5.74) is 1.36. The van der Waals surface area contributed by atoms with Crippen LogP contribution in [0.15, 0.2) is 35.3 Å². The fourth-order valence-electron chi connectivity index (χ4n) is 2.89. The average molecular weight is 386 g/mol.